The van der Waals surface area contributed by atoms with Crippen molar-refractivity contribution in [1.29, 1.82) is 0 Å². The molecule has 0 radical (unpaired) electrons. The fourth-order valence-electron chi connectivity index (χ4n) is 3.27. The number of nitrogens with one attached hydrogen (secondary N) is 3. The number of carbonyl (C=O) groups is 5. The minimum Gasteiger partial charge on any atom is -0.444 e. The summed E-state index contributed by atoms with van der Waals surface area (Å²) >= 11 is 0. The number of benzene rings is 1. The van der Waals surface area contributed by atoms with Crippen molar-refractivity contribution < 1.29 is 28.7 Å². The van der Waals surface area contributed by atoms with Crippen LogP contribution in [0.5, 0.6) is 0 Å². The fourth-order valence-corrected chi connectivity index (χ4v) is 3.27. The zero-order valence-electron chi connectivity index (χ0n) is 17.0. The topological polar surface area (TPSA) is 134 Å². The third kappa shape index (κ3) is 4.58. The Labute approximate surface area is 173 Å². The van der Waals surface area contributed by atoms with E-state index in [0.717, 1.165) is 4.90 Å². The highest BCUT2D eigenvalue weighted by molar-refractivity contribution is 6.23. The maximum Gasteiger partial charge on any atom is 0.407 e. The second kappa shape index (κ2) is 8.13. The fraction of sp³-hybridized carbons (Fsp3) is 0.450. The first-order valence-corrected chi connectivity index (χ1v) is 9.63. The maximum atomic E-state index is 12.8. The van der Waals surface area contributed by atoms with Crippen LogP contribution in [-0.4, -0.2) is 59.4 Å². The molecule has 1 atom stereocenters. The van der Waals surface area contributed by atoms with Gasteiger partial charge in [-0.15, -0.1) is 0 Å². The number of nitrogens with zero attached hydrogens (tertiary/aromatic N) is 1. The summed E-state index contributed by atoms with van der Waals surface area (Å²) in [6, 6.07) is 3.70. The molecule has 3 N–H and O–H groups in total. The summed E-state index contributed by atoms with van der Waals surface area (Å²) in [5.41, 5.74) is 0.404. The number of amides is 5. The first kappa shape index (κ1) is 21.3. The average Bonchev–Trinajstić information content (AvgIpc) is 2.88. The summed E-state index contributed by atoms with van der Waals surface area (Å²) < 4.78 is 5.14. The van der Waals surface area contributed by atoms with Crippen LogP contribution in [0.1, 0.15) is 54.3 Å². The summed E-state index contributed by atoms with van der Waals surface area (Å²) in [5.74, 6) is -2.19. The van der Waals surface area contributed by atoms with Gasteiger partial charge in [-0.3, -0.25) is 29.4 Å². The average molecular weight is 416 g/mol. The number of hydrogen-bond donors (Lipinski definition) is 3. The van der Waals surface area contributed by atoms with Crippen molar-refractivity contribution >= 4 is 35.4 Å². The lowest BCUT2D eigenvalue weighted by Gasteiger charge is -2.27. The number of imide groups is 2. The minimum atomic E-state index is -0.996. The van der Waals surface area contributed by atoms with Crippen molar-refractivity contribution in [3.05, 3.63) is 29.3 Å². The highest BCUT2D eigenvalue weighted by Crippen LogP contribution is 2.29. The van der Waals surface area contributed by atoms with E-state index in [1.165, 1.54) is 12.1 Å². The monoisotopic (exact) mass is 416 g/mol. The van der Waals surface area contributed by atoms with Gasteiger partial charge in [0.05, 0.1) is 11.1 Å². The number of rotatable bonds is 5. The van der Waals surface area contributed by atoms with Gasteiger partial charge >= 0.3 is 6.09 Å². The van der Waals surface area contributed by atoms with E-state index in [0.29, 0.717) is 18.8 Å². The third-order valence-corrected chi connectivity index (χ3v) is 4.56. The first-order chi connectivity index (χ1) is 14.1. The molecular formula is C20H24N4O6. The SMILES string of the molecule is CC(C)(C)OC(=O)NCCNc1ccc2c(c1)C(=O)N(C1CCC(=O)NC1=O)C2=O. The van der Waals surface area contributed by atoms with Gasteiger partial charge < -0.3 is 15.4 Å². The van der Waals surface area contributed by atoms with E-state index in [1.54, 1.807) is 26.8 Å². The van der Waals surface area contributed by atoms with Crippen molar-refractivity contribution in [2.75, 3.05) is 18.4 Å². The normalized spacial score (nSPS) is 18.8. The Bertz CT molecular complexity index is 920. The summed E-state index contributed by atoms with van der Waals surface area (Å²) in [4.78, 5) is 61.4. The standard InChI is InChI=1S/C20H24N4O6/c1-20(2,3)30-19(29)22-9-8-21-11-4-5-12-13(10-11)18(28)24(17(12)27)14-6-7-15(25)23-16(14)26/h4-5,10,14,21H,6-9H2,1-3H3,(H,22,29)(H,23,25,26). The lowest BCUT2D eigenvalue weighted by atomic mass is 10.0. The van der Waals surface area contributed by atoms with Crippen LogP contribution in [0.2, 0.25) is 0 Å². The molecule has 1 saturated heterocycles. The smallest absolute Gasteiger partial charge is 0.407 e. The maximum absolute atomic E-state index is 12.8. The first-order valence-electron chi connectivity index (χ1n) is 9.63. The summed E-state index contributed by atoms with van der Waals surface area (Å²) in [6.45, 7) is 5.97. The molecule has 160 valence electrons. The van der Waals surface area contributed by atoms with E-state index < -0.39 is 41.4 Å². The van der Waals surface area contributed by atoms with Gasteiger partial charge in [-0.1, -0.05) is 0 Å². The molecule has 0 aliphatic carbocycles. The number of fused-ring (bicyclic) bond motifs is 1. The highest BCUT2D eigenvalue weighted by atomic mass is 16.6. The van der Waals surface area contributed by atoms with Gasteiger partial charge in [0.15, 0.2) is 0 Å². The zero-order valence-corrected chi connectivity index (χ0v) is 17.0. The Morgan fingerprint density at radius 2 is 1.83 bits per heavy atom. The predicted molar refractivity (Wildman–Crippen MR) is 106 cm³/mol. The van der Waals surface area contributed by atoms with E-state index in [-0.39, 0.29) is 24.0 Å². The molecule has 0 saturated carbocycles. The molecule has 30 heavy (non-hydrogen) atoms. The number of carbonyl (C=O) groups excluding carboxylic acids is 5. The van der Waals surface area contributed by atoms with E-state index in [4.69, 9.17) is 4.74 Å². The van der Waals surface area contributed by atoms with Crippen LogP contribution < -0.4 is 16.0 Å². The van der Waals surface area contributed by atoms with Gasteiger partial charge in [0.2, 0.25) is 11.8 Å². The van der Waals surface area contributed by atoms with E-state index in [2.05, 4.69) is 16.0 Å². The lowest BCUT2D eigenvalue weighted by Crippen LogP contribution is -2.54. The van der Waals surface area contributed by atoms with Crippen LogP contribution in [0.25, 0.3) is 0 Å². The molecule has 0 spiro atoms. The molecule has 0 aromatic heterocycles. The Kier molecular flexibility index (Phi) is 5.77. The molecule has 1 unspecified atom stereocenters. The van der Waals surface area contributed by atoms with Crippen molar-refractivity contribution in [3.8, 4) is 0 Å². The Hall–Kier alpha value is -3.43. The van der Waals surface area contributed by atoms with Crippen LogP contribution >= 0.6 is 0 Å². The van der Waals surface area contributed by atoms with E-state index in [1.807, 2.05) is 0 Å². The zero-order chi connectivity index (χ0) is 22.1. The molecule has 1 fully saturated rings. The van der Waals surface area contributed by atoms with Gasteiger partial charge in [0.1, 0.15) is 11.6 Å². The van der Waals surface area contributed by atoms with Gasteiger partial charge in [-0.2, -0.15) is 0 Å². The molecule has 5 amide bonds. The summed E-state index contributed by atoms with van der Waals surface area (Å²) in [5, 5.41) is 7.83. The Morgan fingerprint density at radius 1 is 1.13 bits per heavy atom. The largest absolute Gasteiger partial charge is 0.444 e. The minimum absolute atomic E-state index is 0.0707. The van der Waals surface area contributed by atoms with Crippen molar-refractivity contribution in [3.63, 3.8) is 0 Å². The summed E-state index contributed by atoms with van der Waals surface area (Å²) in [7, 11) is 0. The summed E-state index contributed by atoms with van der Waals surface area (Å²) in [6.07, 6.45) is -0.349. The second-order valence-electron chi connectivity index (χ2n) is 8.06. The predicted octanol–water partition coefficient (Wildman–Crippen LogP) is 1.02. The lowest BCUT2D eigenvalue weighted by molar-refractivity contribution is -0.136. The Balaban J connectivity index is 1.61. The molecule has 10 heteroatoms. The molecule has 2 aliphatic heterocycles. The number of anilines is 1. The highest BCUT2D eigenvalue weighted by Gasteiger charge is 2.44. The van der Waals surface area contributed by atoms with Crippen molar-refractivity contribution in [2.45, 2.75) is 45.3 Å². The Morgan fingerprint density at radius 3 is 2.50 bits per heavy atom. The molecule has 10 nitrogen and oxygen atoms in total. The molecule has 2 heterocycles. The van der Waals surface area contributed by atoms with E-state index >= 15 is 0 Å². The van der Waals surface area contributed by atoms with Crippen molar-refractivity contribution in [2.24, 2.45) is 0 Å². The van der Waals surface area contributed by atoms with Crippen LogP contribution in [0.4, 0.5) is 10.5 Å². The van der Waals surface area contributed by atoms with Crippen LogP contribution in [-0.2, 0) is 14.3 Å². The second-order valence-corrected chi connectivity index (χ2v) is 8.06. The van der Waals surface area contributed by atoms with Crippen LogP contribution in [0, 0.1) is 0 Å². The molecule has 3 rings (SSSR count). The number of hydrogen-bond acceptors (Lipinski definition) is 7. The van der Waals surface area contributed by atoms with Gasteiger partial charge in [-0.25, -0.2) is 4.79 Å². The van der Waals surface area contributed by atoms with Gasteiger partial charge in [0.25, 0.3) is 11.8 Å². The number of piperidine rings is 1. The van der Waals surface area contributed by atoms with Crippen molar-refractivity contribution in [1.82, 2.24) is 15.5 Å². The number of ether oxygens (including phenoxy) is 1. The molecule has 0 bridgehead atoms. The molecule has 1 aromatic carbocycles. The van der Waals surface area contributed by atoms with E-state index in [9.17, 15) is 24.0 Å². The molecular weight excluding hydrogens is 392 g/mol. The van der Waals surface area contributed by atoms with Crippen LogP contribution in [0.3, 0.4) is 0 Å². The third-order valence-electron chi connectivity index (χ3n) is 4.56. The number of alkyl carbamates (subject to hydrolysis) is 1. The van der Waals surface area contributed by atoms with Crippen LogP contribution in [0.15, 0.2) is 18.2 Å². The molecule has 1 aromatic rings. The van der Waals surface area contributed by atoms with Gasteiger partial charge in [-0.05, 0) is 45.4 Å². The molecule has 2 aliphatic rings. The van der Waals surface area contributed by atoms with Gasteiger partial charge in [0, 0.05) is 25.2 Å². The quantitative estimate of drug-likeness (QED) is 0.482.